The normalized spacial score (nSPS) is 19.2. The molecular weight excluding hydrogens is 382 g/mol. The maximum Gasteiger partial charge on any atom is 0.410 e. The third-order valence-corrected chi connectivity index (χ3v) is 5.70. The SMILES string of the molecule is Cc1cc(C(=O)N2CCN(C(=O)OC3CCCCC3)CC2)ccc1NS(=O)[O-]. The van der Waals surface area contributed by atoms with Crippen LogP contribution in [0, 0.1) is 6.92 Å². The Bertz CT molecular complexity index is 743. The maximum absolute atomic E-state index is 12.7. The number of ether oxygens (including phenoxy) is 1. The van der Waals surface area contributed by atoms with E-state index in [9.17, 15) is 18.4 Å². The van der Waals surface area contributed by atoms with E-state index < -0.39 is 11.3 Å². The minimum Gasteiger partial charge on any atom is -0.755 e. The quantitative estimate of drug-likeness (QED) is 0.771. The maximum atomic E-state index is 12.7. The van der Waals surface area contributed by atoms with E-state index in [4.69, 9.17) is 4.74 Å². The van der Waals surface area contributed by atoms with Crippen molar-refractivity contribution < 1.29 is 23.1 Å². The van der Waals surface area contributed by atoms with Gasteiger partial charge in [0, 0.05) is 48.7 Å². The number of hydrogen-bond acceptors (Lipinski definition) is 5. The molecule has 1 unspecified atom stereocenters. The van der Waals surface area contributed by atoms with Crippen LogP contribution in [0.5, 0.6) is 0 Å². The molecule has 2 amide bonds. The number of anilines is 1. The van der Waals surface area contributed by atoms with Crippen molar-refractivity contribution >= 4 is 29.0 Å². The monoisotopic (exact) mass is 408 g/mol. The molecule has 1 saturated heterocycles. The van der Waals surface area contributed by atoms with E-state index in [0.717, 1.165) is 25.7 Å². The van der Waals surface area contributed by atoms with Crippen molar-refractivity contribution in [3.63, 3.8) is 0 Å². The van der Waals surface area contributed by atoms with Gasteiger partial charge >= 0.3 is 6.09 Å². The van der Waals surface area contributed by atoms with E-state index in [1.165, 1.54) is 6.42 Å². The summed E-state index contributed by atoms with van der Waals surface area (Å²) in [5.41, 5.74) is 1.61. The lowest BCUT2D eigenvalue weighted by Crippen LogP contribution is -2.51. The van der Waals surface area contributed by atoms with Crippen LogP contribution in [-0.2, 0) is 16.0 Å². The fourth-order valence-electron chi connectivity index (χ4n) is 3.68. The van der Waals surface area contributed by atoms with Crippen LogP contribution in [0.3, 0.4) is 0 Å². The minimum atomic E-state index is -2.40. The van der Waals surface area contributed by atoms with Gasteiger partial charge in [0.2, 0.25) is 0 Å². The molecule has 3 rings (SSSR count). The van der Waals surface area contributed by atoms with Crippen molar-refractivity contribution in [2.24, 2.45) is 0 Å². The van der Waals surface area contributed by atoms with Gasteiger partial charge in [-0.05, 0) is 56.4 Å². The first-order valence-electron chi connectivity index (χ1n) is 9.65. The van der Waals surface area contributed by atoms with Gasteiger partial charge in [-0.2, -0.15) is 0 Å². The number of amides is 2. The Morgan fingerprint density at radius 2 is 1.75 bits per heavy atom. The molecule has 0 bridgehead atoms. The average molecular weight is 409 g/mol. The first-order valence-corrected chi connectivity index (χ1v) is 10.7. The van der Waals surface area contributed by atoms with Crippen molar-refractivity contribution in [1.29, 1.82) is 0 Å². The molecular formula is C19H26N3O5S-. The Hall–Kier alpha value is -2.13. The molecule has 1 aromatic rings. The second-order valence-corrected chi connectivity index (χ2v) is 7.96. The summed E-state index contributed by atoms with van der Waals surface area (Å²) in [6, 6.07) is 4.85. The third kappa shape index (κ3) is 5.23. The summed E-state index contributed by atoms with van der Waals surface area (Å²) < 4.78 is 29.4. The van der Waals surface area contributed by atoms with Crippen molar-refractivity contribution in [3.05, 3.63) is 29.3 Å². The zero-order chi connectivity index (χ0) is 20.1. The number of aryl methyl sites for hydroxylation is 1. The average Bonchev–Trinajstić information content (AvgIpc) is 2.69. The molecule has 154 valence electrons. The highest BCUT2D eigenvalue weighted by Crippen LogP contribution is 2.22. The lowest BCUT2D eigenvalue weighted by Gasteiger charge is -2.35. The smallest absolute Gasteiger partial charge is 0.410 e. The second kappa shape index (κ2) is 9.38. The van der Waals surface area contributed by atoms with Gasteiger partial charge in [0.15, 0.2) is 0 Å². The second-order valence-electron chi connectivity index (χ2n) is 7.29. The molecule has 1 aliphatic carbocycles. The highest BCUT2D eigenvalue weighted by Gasteiger charge is 2.27. The lowest BCUT2D eigenvalue weighted by molar-refractivity contribution is 0.0306. The summed E-state index contributed by atoms with van der Waals surface area (Å²) in [7, 11) is 0. The Labute approximate surface area is 167 Å². The number of benzene rings is 1. The van der Waals surface area contributed by atoms with Gasteiger partial charge in [-0.3, -0.25) is 9.00 Å². The summed E-state index contributed by atoms with van der Waals surface area (Å²) >= 11 is -2.40. The van der Waals surface area contributed by atoms with E-state index in [0.29, 0.717) is 43.0 Å². The molecule has 1 N–H and O–H groups in total. The van der Waals surface area contributed by atoms with Crippen LogP contribution in [0.25, 0.3) is 0 Å². The van der Waals surface area contributed by atoms with E-state index in [-0.39, 0.29) is 18.1 Å². The number of rotatable bonds is 4. The molecule has 1 atom stereocenters. The Balaban J connectivity index is 1.52. The van der Waals surface area contributed by atoms with E-state index in [1.807, 2.05) is 0 Å². The Kier molecular flexibility index (Phi) is 6.90. The van der Waals surface area contributed by atoms with Gasteiger partial charge < -0.3 is 23.8 Å². The van der Waals surface area contributed by atoms with Crippen LogP contribution < -0.4 is 4.72 Å². The van der Waals surface area contributed by atoms with Gasteiger partial charge in [-0.25, -0.2) is 4.79 Å². The topological polar surface area (TPSA) is 102 Å². The number of carbonyl (C=O) groups excluding carboxylic acids is 2. The number of hydrogen-bond donors (Lipinski definition) is 1. The van der Waals surface area contributed by atoms with Gasteiger partial charge in [0.1, 0.15) is 6.10 Å². The molecule has 28 heavy (non-hydrogen) atoms. The Morgan fingerprint density at radius 1 is 1.11 bits per heavy atom. The van der Waals surface area contributed by atoms with Crippen molar-refractivity contribution in [3.8, 4) is 0 Å². The predicted octanol–water partition coefficient (Wildman–Crippen LogP) is 2.43. The standard InChI is InChI=1S/C19H27N3O5S/c1-14-13-15(7-8-17(14)20-28(25)26)18(23)21-9-11-22(12-10-21)19(24)27-16-5-3-2-4-6-16/h7-8,13,16,20H,2-6,9-12H2,1H3,(H,25,26)/p-1. The molecule has 1 aromatic carbocycles. The van der Waals surface area contributed by atoms with E-state index in [2.05, 4.69) is 4.72 Å². The summed E-state index contributed by atoms with van der Waals surface area (Å²) in [5, 5.41) is 0. The largest absolute Gasteiger partial charge is 0.755 e. The number of nitrogens with zero attached hydrogens (tertiary/aromatic N) is 2. The van der Waals surface area contributed by atoms with Crippen LogP contribution in [0.2, 0.25) is 0 Å². The molecule has 0 aromatic heterocycles. The van der Waals surface area contributed by atoms with Gasteiger partial charge in [0.25, 0.3) is 5.91 Å². The van der Waals surface area contributed by atoms with Crippen molar-refractivity contribution in [2.75, 3.05) is 30.9 Å². The zero-order valence-corrected chi connectivity index (χ0v) is 16.8. The van der Waals surface area contributed by atoms with Crippen molar-refractivity contribution in [2.45, 2.75) is 45.1 Å². The van der Waals surface area contributed by atoms with Crippen LogP contribution in [-0.4, -0.2) is 62.8 Å². The first-order chi connectivity index (χ1) is 13.4. The van der Waals surface area contributed by atoms with E-state index in [1.54, 1.807) is 34.9 Å². The van der Waals surface area contributed by atoms with Crippen LogP contribution in [0.1, 0.15) is 48.0 Å². The summed E-state index contributed by atoms with van der Waals surface area (Å²) in [6.45, 7) is 3.53. The molecule has 2 aliphatic rings. The minimum absolute atomic E-state index is 0.0273. The van der Waals surface area contributed by atoms with Crippen molar-refractivity contribution in [1.82, 2.24) is 9.80 Å². The summed E-state index contributed by atoms with van der Waals surface area (Å²) in [6.07, 6.45) is 5.05. The molecule has 1 aliphatic heterocycles. The highest BCUT2D eigenvalue weighted by molar-refractivity contribution is 7.80. The van der Waals surface area contributed by atoms with Gasteiger partial charge in [-0.1, -0.05) is 6.42 Å². The number of piperazine rings is 1. The molecule has 0 spiro atoms. The number of carbonyl (C=O) groups is 2. The molecule has 8 nitrogen and oxygen atoms in total. The molecule has 1 saturated carbocycles. The fourth-order valence-corrected chi connectivity index (χ4v) is 4.08. The molecule has 0 radical (unpaired) electrons. The zero-order valence-electron chi connectivity index (χ0n) is 16.0. The Morgan fingerprint density at radius 3 is 2.36 bits per heavy atom. The first kappa shape index (κ1) is 20.6. The van der Waals surface area contributed by atoms with Crippen LogP contribution >= 0.6 is 0 Å². The van der Waals surface area contributed by atoms with E-state index >= 15 is 0 Å². The molecule has 9 heteroatoms. The lowest BCUT2D eigenvalue weighted by atomic mass is 9.98. The predicted molar refractivity (Wildman–Crippen MR) is 105 cm³/mol. The van der Waals surface area contributed by atoms with Crippen LogP contribution in [0.15, 0.2) is 18.2 Å². The fraction of sp³-hybridized carbons (Fsp3) is 0.579. The number of nitrogens with one attached hydrogen (secondary N) is 1. The molecule has 1 heterocycles. The van der Waals surface area contributed by atoms with Gasteiger partial charge in [0.05, 0.1) is 0 Å². The molecule has 2 fully saturated rings. The van der Waals surface area contributed by atoms with Crippen LogP contribution in [0.4, 0.5) is 10.5 Å². The summed E-state index contributed by atoms with van der Waals surface area (Å²) in [5.74, 6) is -0.127. The summed E-state index contributed by atoms with van der Waals surface area (Å²) in [4.78, 5) is 28.4. The highest BCUT2D eigenvalue weighted by atomic mass is 32.2. The van der Waals surface area contributed by atoms with Gasteiger partial charge in [-0.15, -0.1) is 0 Å². The third-order valence-electron chi connectivity index (χ3n) is 5.31.